The Morgan fingerprint density at radius 2 is 1.81 bits per heavy atom. The molecule has 0 radical (unpaired) electrons. The second-order valence-electron chi connectivity index (χ2n) is 4.47. The molecule has 16 heavy (non-hydrogen) atoms. The molecular formula is C12H16O3S. The van der Waals surface area contributed by atoms with Gasteiger partial charge in [-0.3, -0.25) is 0 Å². The molecule has 1 unspecified atom stereocenters. The Kier molecular flexibility index (Phi) is 2.93. The fourth-order valence-electron chi connectivity index (χ4n) is 2.05. The molecule has 1 atom stereocenters. The third-order valence-corrected chi connectivity index (χ3v) is 4.43. The van der Waals surface area contributed by atoms with E-state index in [1.165, 1.54) is 0 Å². The van der Waals surface area contributed by atoms with Crippen molar-refractivity contribution >= 4 is 9.84 Å². The topological polar surface area (TPSA) is 43.4 Å². The van der Waals surface area contributed by atoms with E-state index in [0.29, 0.717) is 6.42 Å². The van der Waals surface area contributed by atoms with Crippen molar-refractivity contribution in [3.8, 4) is 5.75 Å². The van der Waals surface area contributed by atoms with Gasteiger partial charge in [-0.25, -0.2) is 8.42 Å². The monoisotopic (exact) mass is 240 g/mol. The highest BCUT2D eigenvalue weighted by molar-refractivity contribution is 7.91. The smallest absolute Gasteiger partial charge is 0.154 e. The van der Waals surface area contributed by atoms with Gasteiger partial charge in [0.2, 0.25) is 0 Å². The first-order chi connectivity index (χ1) is 7.44. The Labute approximate surface area is 96.4 Å². The highest BCUT2D eigenvalue weighted by Crippen LogP contribution is 2.22. The predicted octanol–water partition coefficient (Wildman–Crippen LogP) is 1.87. The largest absolute Gasteiger partial charge is 0.489 e. The molecule has 4 heteroatoms. The van der Waals surface area contributed by atoms with Gasteiger partial charge < -0.3 is 4.74 Å². The SMILES string of the molecule is Cc1cc(C)cc(OC2CCS(=O)(=O)C2)c1. The van der Waals surface area contributed by atoms with E-state index in [9.17, 15) is 8.42 Å². The second-order valence-corrected chi connectivity index (χ2v) is 6.70. The van der Waals surface area contributed by atoms with Crippen LogP contribution in [0, 0.1) is 13.8 Å². The van der Waals surface area contributed by atoms with Gasteiger partial charge in [0, 0.05) is 0 Å². The number of ether oxygens (including phenoxy) is 1. The molecule has 1 aliphatic heterocycles. The molecule has 1 fully saturated rings. The molecular weight excluding hydrogens is 224 g/mol. The number of benzene rings is 1. The minimum absolute atomic E-state index is 0.153. The predicted molar refractivity (Wildman–Crippen MR) is 63.6 cm³/mol. The summed E-state index contributed by atoms with van der Waals surface area (Å²) in [4.78, 5) is 0. The maximum Gasteiger partial charge on any atom is 0.154 e. The lowest BCUT2D eigenvalue weighted by atomic mass is 10.1. The molecule has 0 aliphatic carbocycles. The zero-order chi connectivity index (χ0) is 11.8. The van der Waals surface area contributed by atoms with E-state index in [1.807, 2.05) is 26.0 Å². The van der Waals surface area contributed by atoms with E-state index < -0.39 is 9.84 Å². The first-order valence-corrected chi connectivity index (χ1v) is 7.22. The molecule has 1 heterocycles. The van der Waals surface area contributed by atoms with Crippen molar-refractivity contribution in [3.05, 3.63) is 29.3 Å². The zero-order valence-electron chi connectivity index (χ0n) is 9.56. The van der Waals surface area contributed by atoms with Crippen LogP contribution in [0.25, 0.3) is 0 Å². The Morgan fingerprint density at radius 1 is 1.19 bits per heavy atom. The summed E-state index contributed by atoms with van der Waals surface area (Å²) < 4.78 is 28.3. The standard InChI is InChI=1S/C12H16O3S/c1-9-5-10(2)7-12(6-9)15-11-3-4-16(13,14)8-11/h5-7,11H,3-4,8H2,1-2H3. The van der Waals surface area contributed by atoms with Crippen molar-refractivity contribution in [1.82, 2.24) is 0 Å². The van der Waals surface area contributed by atoms with Gasteiger partial charge in [0.05, 0.1) is 11.5 Å². The number of rotatable bonds is 2. The maximum atomic E-state index is 11.3. The minimum atomic E-state index is -2.86. The van der Waals surface area contributed by atoms with Gasteiger partial charge in [-0.05, 0) is 43.5 Å². The molecule has 1 aliphatic rings. The van der Waals surface area contributed by atoms with Crippen molar-refractivity contribution in [3.63, 3.8) is 0 Å². The van der Waals surface area contributed by atoms with E-state index >= 15 is 0 Å². The van der Waals surface area contributed by atoms with Gasteiger partial charge in [0.15, 0.2) is 9.84 Å². The Hall–Kier alpha value is -1.03. The van der Waals surface area contributed by atoms with Gasteiger partial charge in [-0.15, -0.1) is 0 Å². The van der Waals surface area contributed by atoms with Crippen LogP contribution in [0.15, 0.2) is 18.2 Å². The Bertz CT molecular complexity index is 471. The first kappa shape index (κ1) is 11.5. The Balaban J connectivity index is 2.10. The summed E-state index contributed by atoms with van der Waals surface area (Å²) in [6.07, 6.45) is 0.432. The lowest BCUT2D eigenvalue weighted by Gasteiger charge is -2.13. The number of sulfone groups is 1. The van der Waals surface area contributed by atoms with E-state index in [0.717, 1.165) is 16.9 Å². The average Bonchev–Trinajstić information content (AvgIpc) is 2.43. The van der Waals surface area contributed by atoms with E-state index in [1.54, 1.807) is 0 Å². The molecule has 1 aromatic rings. The molecule has 0 bridgehead atoms. The van der Waals surface area contributed by atoms with Gasteiger partial charge in [-0.1, -0.05) is 6.07 Å². The lowest BCUT2D eigenvalue weighted by molar-refractivity contribution is 0.228. The van der Waals surface area contributed by atoms with Crippen LogP contribution >= 0.6 is 0 Å². The highest BCUT2D eigenvalue weighted by Gasteiger charge is 2.29. The summed E-state index contributed by atoms with van der Waals surface area (Å²) in [7, 11) is -2.86. The molecule has 3 nitrogen and oxygen atoms in total. The van der Waals surface area contributed by atoms with Crippen LogP contribution in [-0.2, 0) is 9.84 Å². The normalized spacial score (nSPS) is 23.2. The fraction of sp³-hybridized carbons (Fsp3) is 0.500. The fourth-order valence-corrected chi connectivity index (χ4v) is 3.64. The van der Waals surface area contributed by atoms with Crippen LogP contribution in [0.5, 0.6) is 5.75 Å². The van der Waals surface area contributed by atoms with Crippen LogP contribution in [-0.4, -0.2) is 26.0 Å². The highest BCUT2D eigenvalue weighted by atomic mass is 32.2. The summed E-state index contributed by atoms with van der Waals surface area (Å²) in [5, 5.41) is 0. The van der Waals surface area contributed by atoms with Gasteiger partial charge >= 0.3 is 0 Å². The third-order valence-electron chi connectivity index (χ3n) is 2.69. The van der Waals surface area contributed by atoms with Crippen molar-refractivity contribution in [2.45, 2.75) is 26.4 Å². The lowest BCUT2D eigenvalue weighted by Crippen LogP contribution is -2.17. The summed E-state index contributed by atoms with van der Waals surface area (Å²) in [5.74, 6) is 1.18. The number of hydrogen-bond donors (Lipinski definition) is 0. The van der Waals surface area contributed by atoms with E-state index in [2.05, 4.69) is 6.07 Å². The van der Waals surface area contributed by atoms with Crippen molar-refractivity contribution in [2.75, 3.05) is 11.5 Å². The zero-order valence-corrected chi connectivity index (χ0v) is 10.4. The molecule has 0 spiro atoms. The first-order valence-electron chi connectivity index (χ1n) is 5.40. The van der Waals surface area contributed by atoms with Crippen molar-refractivity contribution < 1.29 is 13.2 Å². The average molecular weight is 240 g/mol. The van der Waals surface area contributed by atoms with Gasteiger partial charge in [0.25, 0.3) is 0 Å². The molecule has 2 rings (SSSR count). The summed E-state index contributed by atoms with van der Waals surface area (Å²) in [5.41, 5.74) is 2.27. The molecule has 0 N–H and O–H groups in total. The van der Waals surface area contributed by atoms with Crippen molar-refractivity contribution in [1.29, 1.82) is 0 Å². The number of aryl methyl sites for hydroxylation is 2. The van der Waals surface area contributed by atoms with E-state index in [-0.39, 0.29) is 17.6 Å². The number of hydrogen-bond acceptors (Lipinski definition) is 3. The van der Waals surface area contributed by atoms with Crippen LogP contribution < -0.4 is 4.74 Å². The van der Waals surface area contributed by atoms with Crippen molar-refractivity contribution in [2.24, 2.45) is 0 Å². The summed E-state index contributed by atoms with van der Waals surface area (Å²) in [6.45, 7) is 4.01. The maximum absolute atomic E-state index is 11.3. The molecule has 1 saturated heterocycles. The van der Waals surface area contributed by atoms with Crippen LogP contribution in [0.2, 0.25) is 0 Å². The molecule has 0 saturated carbocycles. The Morgan fingerprint density at radius 3 is 2.31 bits per heavy atom. The van der Waals surface area contributed by atoms with E-state index in [4.69, 9.17) is 4.74 Å². The van der Waals surface area contributed by atoms with Crippen LogP contribution in [0.3, 0.4) is 0 Å². The van der Waals surface area contributed by atoms with Crippen LogP contribution in [0.1, 0.15) is 17.5 Å². The molecule has 88 valence electrons. The molecule has 0 aromatic heterocycles. The quantitative estimate of drug-likeness (QED) is 0.792. The summed E-state index contributed by atoms with van der Waals surface area (Å²) >= 11 is 0. The van der Waals surface area contributed by atoms with Gasteiger partial charge in [-0.2, -0.15) is 0 Å². The van der Waals surface area contributed by atoms with Crippen LogP contribution in [0.4, 0.5) is 0 Å². The molecule has 1 aromatic carbocycles. The summed E-state index contributed by atoms with van der Waals surface area (Å²) in [6, 6.07) is 5.95. The third kappa shape index (κ3) is 2.76. The second kappa shape index (κ2) is 4.09. The molecule has 0 amide bonds. The van der Waals surface area contributed by atoms with Gasteiger partial charge in [0.1, 0.15) is 11.9 Å². The minimum Gasteiger partial charge on any atom is -0.489 e.